The van der Waals surface area contributed by atoms with E-state index in [1.54, 1.807) is 0 Å². The van der Waals surface area contributed by atoms with E-state index < -0.39 is 5.41 Å². The van der Waals surface area contributed by atoms with Crippen LogP contribution in [0.3, 0.4) is 0 Å². The molecule has 0 fully saturated rings. The number of anilines is 3. The summed E-state index contributed by atoms with van der Waals surface area (Å²) in [6.07, 6.45) is 6.68. The molecule has 8 aromatic carbocycles. The number of benzene rings is 8. The number of pyridine rings is 1. The van der Waals surface area contributed by atoms with Gasteiger partial charge in [0.25, 0.3) is 0 Å². The summed E-state index contributed by atoms with van der Waals surface area (Å²) in [5.41, 5.74) is 18.4. The van der Waals surface area contributed by atoms with Crippen LogP contribution in [0.15, 0.2) is 206 Å². The quantitative estimate of drug-likeness (QED) is 0.136. The molecule has 0 bridgehead atoms. The lowest BCUT2D eigenvalue weighted by Gasteiger charge is -2.33. The molecule has 0 atom stereocenters. The summed E-state index contributed by atoms with van der Waals surface area (Å²) in [6.45, 7) is 4.71. The molecule has 0 unspecified atom stereocenters. The molecule has 2 nitrogen and oxygen atoms in total. The van der Waals surface area contributed by atoms with Crippen molar-refractivity contribution < 1.29 is 0 Å². The van der Waals surface area contributed by atoms with Gasteiger partial charge in [0.05, 0.1) is 10.9 Å². The van der Waals surface area contributed by atoms with Crippen LogP contribution >= 0.6 is 0 Å². The lowest BCUT2D eigenvalue weighted by molar-refractivity contribution is 0.490. The second-order valence-electron chi connectivity index (χ2n) is 16.5. The summed E-state index contributed by atoms with van der Waals surface area (Å²) in [6, 6.07) is 75.5. The fourth-order valence-electron chi connectivity index (χ4n) is 10.8. The zero-order chi connectivity index (χ0) is 41.0. The SMILES string of the molecule is CCC1(CC)c2cc(/C=C/c3cccc4c3-c3ccccc3C4(c3ccccc3)c3ccccc3)ccc2-c2ccc(N(c3ccccc3)c3ccc4ccccc4n3)cc21. The van der Waals surface area contributed by atoms with Crippen LogP contribution in [-0.2, 0) is 10.8 Å². The third-order valence-electron chi connectivity index (χ3n) is 13.6. The maximum absolute atomic E-state index is 5.19. The van der Waals surface area contributed by atoms with Gasteiger partial charge in [0, 0.05) is 22.2 Å². The summed E-state index contributed by atoms with van der Waals surface area (Å²) in [5, 5.41) is 1.14. The van der Waals surface area contributed by atoms with Gasteiger partial charge >= 0.3 is 0 Å². The molecule has 0 aliphatic heterocycles. The zero-order valence-electron chi connectivity index (χ0n) is 34.6. The first-order valence-corrected chi connectivity index (χ1v) is 21.7. The Labute approximate surface area is 359 Å². The number of para-hydroxylation sites is 2. The van der Waals surface area contributed by atoms with E-state index in [-0.39, 0.29) is 5.41 Å². The molecular formula is C59H46N2. The highest BCUT2D eigenvalue weighted by Crippen LogP contribution is 2.58. The molecule has 2 aliphatic carbocycles. The van der Waals surface area contributed by atoms with Crippen LogP contribution in [0.1, 0.15) is 71.2 Å². The number of hydrogen-bond donors (Lipinski definition) is 0. The molecule has 0 saturated carbocycles. The van der Waals surface area contributed by atoms with Gasteiger partial charge in [0.15, 0.2) is 0 Å². The zero-order valence-corrected chi connectivity index (χ0v) is 34.6. The number of aromatic nitrogens is 1. The molecule has 0 saturated heterocycles. The van der Waals surface area contributed by atoms with Gasteiger partial charge in [0.1, 0.15) is 5.82 Å². The highest BCUT2D eigenvalue weighted by Gasteiger charge is 2.46. The normalized spacial score (nSPS) is 14.1. The minimum absolute atomic E-state index is 0.123. The Hall–Kier alpha value is -7.29. The van der Waals surface area contributed by atoms with Crippen molar-refractivity contribution in [3.8, 4) is 22.3 Å². The van der Waals surface area contributed by atoms with E-state index in [0.29, 0.717) is 0 Å². The average Bonchev–Trinajstić information content (AvgIpc) is 3.79. The Morgan fingerprint density at radius 3 is 1.82 bits per heavy atom. The fourth-order valence-corrected chi connectivity index (χ4v) is 10.8. The van der Waals surface area contributed by atoms with E-state index >= 15 is 0 Å². The monoisotopic (exact) mass is 782 g/mol. The van der Waals surface area contributed by atoms with E-state index in [2.05, 4.69) is 237 Å². The van der Waals surface area contributed by atoms with E-state index in [1.165, 1.54) is 66.8 Å². The van der Waals surface area contributed by atoms with Gasteiger partial charge < -0.3 is 0 Å². The first-order chi connectivity index (χ1) is 30.1. The minimum atomic E-state index is -0.418. The Balaban J connectivity index is 1.01. The number of nitrogens with zero attached hydrogens (tertiary/aromatic N) is 2. The molecule has 0 N–H and O–H groups in total. The molecule has 61 heavy (non-hydrogen) atoms. The number of hydrogen-bond acceptors (Lipinski definition) is 2. The molecule has 11 rings (SSSR count). The smallest absolute Gasteiger partial charge is 0.138 e. The minimum Gasteiger partial charge on any atom is -0.295 e. The molecule has 0 amide bonds. The van der Waals surface area contributed by atoms with Crippen molar-refractivity contribution in [2.75, 3.05) is 4.90 Å². The summed E-state index contributed by atoms with van der Waals surface area (Å²) in [7, 11) is 0. The van der Waals surface area contributed by atoms with Crippen molar-refractivity contribution in [3.05, 3.63) is 251 Å². The van der Waals surface area contributed by atoms with Crippen molar-refractivity contribution in [1.82, 2.24) is 4.98 Å². The molecule has 1 aromatic heterocycles. The van der Waals surface area contributed by atoms with Crippen molar-refractivity contribution in [3.63, 3.8) is 0 Å². The van der Waals surface area contributed by atoms with Crippen LogP contribution in [0.2, 0.25) is 0 Å². The molecule has 292 valence electrons. The van der Waals surface area contributed by atoms with Gasteiger partial charge in [-0.25, -0.2) is 4.98 Å². The lowest BCUT2D eigenvalue weighted by atomic mass is 9.67. The molecule has 1 heterocycles. The molecule has 2 aliphatic rings. The summed E-state index contributed by atoms with van der Waals surface area (Å²) < 4.78 is 0. The van der Waals surface area contributed by atoms with E-state index in [0.717, 1.165) is 40.9 Å². The van der Waals surface area contributed by atoms with E-state index in [4.69, 9.17) is 4.98 Å². The van der Waals surface area contributed by atoms with Gasteiger partial charge in [0.2, 0.25) is 0 Å². The Morgan fingerprint density at radius 1 is 0.459 bits per heavy atom. The maximum Gasteiger partial charge on any atom is 0.138 e. The first kappa shape index (κ1) is 36.8. The Kier molecular flexibility index (Phi) is 8.90. The van der Waals surface area contributed by atoms with Crippen LogP contribution in [0, 0.1) is 0 Å². The van der Waals surface area contributed by atoms with Crippen molar-refractivity contribution in [2.24, 2.45) is 0 Å². The third kappa shape index (κ3) is 5.66. The molecule has 9 aromatic rings. The second kappa shape index (κ2) is 14.8. The van der Waals surface area contributed by atoms with Gasteiger partial charge in [-0.3, -0.25) is 4.90 Å². The van der Waals surface area contributed by atoms with Crippen LogP contribution < -0.4 is 4.90 Å². The van der Waals surface area contributed by atoms with Crippen molar-refractivity contribution in [2.45, 2.75) is 37.5 Å². The Bertz CT molecular complexity index is 3070. The summed E-state index contributed by atoms with van der Waals surface area (Å²) in [4.78, 5) is 7.49. The predicted octanol–water partition coefficient (Wildman–Crippen LogP) is 15.3. The third-order valence-corrected chi connectivity index (χ3v) is 13.6. The van der Waals surface area contributed by atoms with Gasteiger partial charge in [-0.1, -0.05) is 190 Å². The largest absolute Gasteiger partial charge is 0.295 e. The predicted molar refractivity (Wildman–Crippen MR) is 256 cm³/mol. The topological polar surface area (TPSA) is 16.1 Å². The average molecular weight is 783 g/mol. The summed E-state index contributed by atoms with van der Waals surface area (Å²) >= 11 is 0. The summed E-state index contributed by atoms with van der Waals surface area (Å²) in [5.74, 6) is 0.909. The maximum atomic E-state index is 5.19. The first-order valence-electron chi connectivity index (χ1n) is 21.7. The van der Waals surface area contributed by atoms with Gasteiger partial charge in [-0.05, 0) is 122 Å². The molecular weight excluding hydrogens is 737 g/mol. The molecule has 2 heteroatoms. The second-order valence-corrected chi connectivity index (χ2v) is 16.5. The van der Waals surface area contributed by atoms with Crippen LogP contribution in [0.5, 0.6) is 0 Å². The van der Waals surface area contributed by atoms with Crippen LogP contribution in [-0.4, -0.2) is 4.98 Å². The molecule has 0 spiro atoms. The standard InChI is InChI=1S/C59H46N2/c1-3-58(4-2)53-39-41(31-33-43-20-18-29-52-57(43)50-27-15-16-28-51(50)59(52,44-21-8-5-9-22-44)45-23-10-6-11-24-45)32-36-48(53)49-37-35-47(40-54(49)58)61(46-25-12-7-13-26-46)56-38-34-42-19-14-17-30-55(42)60-56/h5-40H,3-4H2,1-2H3/b33-31+. The van der Waals surface area contributed by atoms with E-state index in [9.17, 15) is 0 Å². The van der Waals surface area contributed by atoms with Crippen molar-refractivity contribution in [1.29, 1.82) is 0 Å². The number of rotatable bonds is 9. The van der Waals surface area contributed by atoms with E-state index in [1.807, 2.05) is 0 Å². The van der Waals surface area contributed by atoms with Gasteiger partial charge in [-0.2, -0.15) is 0 Å². The highest BCUT2D eigenvalue weighted by molar-refractivity contribution is 5.94. The fraction of sp³-hybridized carbons (Fsp3) is 0.102. The number of fused-ring (bicyclic) bond motifs is 7. The lowest BCUT2D eigenvalue weighted by Crippen LogP contribution is -2.28. The van der Waals surface area contributed by atoms with Crippen LogP contribution in [0.25, 0.3) is 45.3 Å². The van der Waals surface area contributed by atoms with Crippen molar-refractivity contribution >= 4 is 40.2 Å². The highest BCUT2D eigenvalue weighted by atomic mass is 15.2. The Morgan fingerprint density at radius 2 is 1.08 bits per heavy atom. The van der Waals surface area contributed by atoms with Gasteiger partial charge in [-0.15, -0.1) is 0 Å². The van der Waals surface area contributed by atoms with Crippen LogP contribution in [0.4, 0.5) is 17.2 Å². The molecule has 0 radical (unpaired) electrons.